The van der Waals surface area contributed by atoms with Crippen LogP contribution in [-0.4, -0.2) is 29.1 Å². The normalized spacial score (nSPS) is 10.6. The Morgan fingerprint density at radius 2 is 1.78 bits per heavy atom. The number of aryl methyl sites for hydroxylation is 1. The molecule has 0 aliphatic rings. The molecule has 0 atom stereocenters. The summed E-state index contributed by atoms with van der Waals surface area (Å²) in [6.45, 7) is 1.58. The van der Waals surface area contributed by atoms with Crippen molar-refractivity contribution in [2.75, 3.05) is 7.11 Å². The van der Waals surface area contributed by atoms with E-state index in [1.807, 2.05) is 6.07 Å². The van der Waals surface area contributed by atoms with Crippen molar-refractivity contribution in [2.45, 2.75) is 13.5 Å². The number of nitrogens with one attached hydrogen (secondary N) is 1. The van der Waals surface area contributed by atoms with Crippen molar-refractivity contribution in [1.82, 2.24) is 4.98 Å². The summed E-state index contributed by atoms with van der Waals surface area (Å²) in [6, 6.07) is 11.9. The van der Waals surface area contributed by atoms with Crippen molar-refractivity contribution in [1.29, 1.82) is 0 Å². The Morgan fingerprint density at radius 3 is 2.44 bits per heavy atom. The highest BCUT2D eigenvalue weighted by molar-refractivity contribution is 6.03. The van der Waals surface area contributed by atoms with E-state index in [-0.39, 0.29) is 23.1 Å². The zero-order valence-electron chi connectivity index (χ0n) is 14.7. The van der Waals surface area contributed by atoms with Gasteiger partial charge in [0.2, 0.25) is 0 Å². The lowest BCUT2D eigenvalue weighted by Gasteiger charge is -2.11. The molecule has 0 unspecified atom stereocenters. The van der Waals surface area contributed by atoms with E-state index in [1.165, 1.54) is 19.2 Å². The number of hydrogen-bond donors (Lipinski definition) is 2. The molecule has 2 N–H and O–H groups in total. The zero-order chi connectivity index (χ0) is 19.6. The monoisotopic (exact) mass is 367 g/mol. The minimum absolute atomic E-state index is 0.0309. The van der Waals surface area contributed by atoms with Crippen LogP contribution in [0.2, 0.25) is 0 Å². The molecule has 0 radical (unpaired) electrons. The minimum Gasteiger partial charge on any atom is -0.506 e. The van der Waals surface area contributed by atoms with Gasteiger partial charge in [-0.05, 0) is 30.2 Å². The molecule has 27 heavy (non-hydrogen) atoms. The van der Waals surface area contributed by atoms with Crippen LogP contribution in [0.4, 0.5) is 0 Å². The fourth-order valence-corrected chi connectivity index (χ4v) is 2.80. The average Bonchev–Trinajstić information content (AvgIpc) is 2.67. The van der Waals surface area contributed by atoms with Gasteiger partial charge < -0.3 is 19.6 Å². The summed E-state index contributed by atoms with van der Waals surface area (Å²) < 4.78 is 9.84. The Bertz CT molecular complexity index is 1090. The second-order valence-electron chi connectivity index (χ2n) is 5.89. The van der Waals surface area contributed by atoms with E-state index >= 15 is 0 Å². The van der Waals surface area contributed by atoms with Crippen molar-refractivity contribution in [3.63, 3.8) is 0 Å². The fraction of sp³-hybridized carbons (Fsp3) is 0.150. The second-order valence-corrected chi connectivity index (χ2v) is 5.89. The molecule has 0 bridgehead atoms. The maximum absolute atomic E-state index is 12.4. The molecule has 0 aliphatic heterocycles. The Kier molecular flexibility index (Phi) is 4.94. The molecule has 7 nitrogen and oxygen atoms in total. The van der Waals surface area contributed by atoms with E-state index in [4.69, 9.17) is 9.47 Å². The summed E-state index contributed by atoms with van der Waals surface area (Å²) in [5.41, 5.74) is 0.392. The SMILES string of the molecule is COC(=O)c1ccc2c(O)c(C(=O)OCc3ccccc3)c(=O)[nH]c2c1C. The van der Waals surface area contributed by atoms with Crippen LogP contribution >= 0.6 is 0 Å². The van der Waals surface area contributed by atoms with Gasteiger partial charge in [-0.1, -0.05) is 30.3 Å². The highest BCUT2D eigenvalue weighted by atomic mass is 16.5. The molecule has 0 aliphatic carbocycles. The van der Waals surface area contributed by atoms with Crippen LogP contribution in [0.5, 0.6) is 5.75 Å². The summed E-state index contributed by atoms with van der Waals surface area (Å²) in [4.78, 5) is 39.0. The molecule has 7 heteroatoms. The lowest BCUT2D eigenvalue weighted by molar-refractivity contribution is 0.0467. The lowest BCUT2D eigenvalue weighted by Crippen LogP contribution is -2.20. The molecule has 1 aromatic heterocycles. The topological polar surface area (TPSA) is 106 Å². The first kappa shape index (κ1) is 18.2. The Balaban J connectivity index is 2.01. The van der Waals surface area contributed by atoms with Crippen molar-refractivity contribution in [2.24, 2.45) is 0 Å². The fourth-order valence-electron chi connectivity index (χ4n) is 2.80. The lowest BCUT2D eigenvalue weighted by atomic mass is 10.0. The number of esters is 2. The van der Waals surface area contributed by atoms with E-state index in [9.17, 15) is 19.5 Å². The predicted molar refractivity (Wildman–Crippen MR) is 97.9 cm³/mol. The first-order valence-corrected chi connectivity index (χ1v) is 8.12. The van der Waals surface area contributed by atoms with Gasteiger partial charge in [-0.15, -0.1) is 0 Å². The van der Waals surface area contributed by atoms with E-state index in [0.717, 1.165) is 5.56 Å². The Labute approximate surface area is 154 Å². The summed E-state index contributed by atoms with van der Waals surface area (Å²) in [5, 5.41) is 10.7. The van der Waals surface area contributed by atoms with Crippen LogP contribution in [0.15, 0.2) is 47.3 Å². The summed E-state index contributed by atoms with van der Waals surface area (Å²) in [7, 11) is 1.25. The molecule has 0 spiro atoms. The number of aromatic nitrogens is 1. The standard InChI is InChI=1S/C20H17NO6/c1-11-13(19(24)26-2)8-9-14-16(11)21-18(23)15(17(14)22)20(25)27-10-12-6-4-3-5-7-12/h3-9H,10H2,1-2H3,(H2,21,22,23). The molecular weight excluding hydrogens is 350 g/mol. The van der Waals surface area contributed by atoms with Gasteiger partial charge in [0, 0.05) is 5.39 Å². The highest BCUT2D eigenvalue weighted by Gasteiger charge is 2.23. The number of benzene rings is 2. The Morgan fingerprint density at radius 1 is 1.07 bits per heavy atom. The van der Waals surface area contributed by atoms with Gasteiger partial charge in [-0.25, -0.2) is 9.59 Å². The van der Waals surface area contributed by atoms with Gasteiger partial charge in [-0.2, -0.15) is 0 Å². The largest absolute Gasteiger partial charge is 0.506 e. The number of aromatic hydroxyl groups is 1. The van der Waals surface area contributed by atoms with Gasteiger partial charge in [0.05, 0.1) is 18.2 Å². The quantitative estimate of drug-likeness (QED) is 0.687. The molecule has 0 saturated carbocycles. The smallest absolute Gasteiger partial charge is 0.347 e. The maximum Gasteiger partial charge on any atom is 0.347 e. The summed E-state index contributed by atoms with van der Waals surface area (Å²) in [6.07, 6.45) is 0. The number of carbonyl (C=O) groups excluding carboxylic acids is 2. The van der Waals surface area contributed by atoms with Crippen molar-refractivity contribution < 1.29 is 24.2 Å². The van der Waals surface area contributed by atoms with Gasteiger partial charge >= 0.3 is 11.9 Å². The van der Waals surface area contributed by atoms with Crippen LogP contribution in [0, 0.1) is 6.92 Å². The molecule has 0 fully saturated rings. The van der Waals surface area contributed by atoms with Crippen LogP contribution in [-0.2, 0) is 16.1 Å². The average molecular weight is 367 g/mol. The molecule has 2 aromatic carbocycles. The predicted octanol–water partition coefficient (Wildman–Crippen LogP) is 2.69. The van der Waals surface area contributed by atoms with Gasteiger partial charge in [0.25, 0.3) is 5.56 Å². The van der Waals surface area contributed by atoms with Crippen LogP contribution in [0.3, 0.4) is 0 Å². The van der Waals surface area contributed by atoms with Crippen molar-refractivity contribution in [3.8, 4) is 5.75 Å². The minimum atomic E-state index is -0.936. The zero-order valence-corrected chi connectivity index (χ0v) is 14.7. The van der Waals surface area contributed by atoms with Gasteiger partial charge in [0.15, 0.2) is 5.56 Å². The first-order valence-electron chi connectivity index (χ1n) is 8.12. The molecule has 0 saturated heterocycles. The Hall–Kier alpha value is -3.61. The summed E-state index contributed by atoms with van der Waals surface area (Å²) in [5.74, 6) is -2.00. The third-order valence-corrected chi connectivity index (χ3v) is 4.24. The summed E-state index contributed by atoms with van der Waals surface area (Å²) >= 11 is 0. The molecule has 3 rings (SSSR count). The molecule has 3 aromatic rings. The van der Waals surface area contributed by atoms with Crippen LogP contribution in [0.1, 0.15) is 31.8 Å². The number of methoxy groups -OCH3 is 1. The number of fused-ring (bicyclic) bond motifs is 1. The number of pyridine rings is 1. The maximum atomic E-state index is 12.4. The van der Waals surface area contributed by atoms with Crippen molar-refractivity contribution >= 4 is 22.8 Å². The number of rotatable bonds is 4. The van der Waals surface area contributed by atoms with E-state index in [0.29, 0.717) is 5.56 Å². The van der Waals surface area contributed by atoms with E-state index in [1.54, 1.807) is 31.2 Å². The number of carbonyl (C=O) groups is 2. The molecular formula is C20H17NO6. The van der Waals surface area contributed by atoms with E-state index < -0.39 is 28.8 Å². The third-order valence-electron chi connectivity index (χ3n) is 4.24. The number of hydrogen-bond acceptors (Lipinski definition) is 6. The molecule has 0 amide bonds. The highest BCUT2D eigenvalue weighted by Crippen LogP contribution is 2.29. The van der Waals surface area contributed by atoms with Gasteiger partial charge in [0.1, 0.15) is 12.4 Å². The van der Waals surface area contributed by atoms with Crippen molar-refractivity contribution in [3.05, 3.63) is 75.1 Å². The first-order chi connectivity index (χ1) is 12.9. The second kappa shape index (κ2) is 7.33. The molecule has 1 heterocycles. The van der Waals surface area contributed by atoms with Gasteiger partial charge in [-0.3, -0.25) is 4.79 Å². The third kappa shape index (κ3) is 3.39. The van der Waals surface area contributed by atoms with Crippen LogP contribution in [0.25, 0.3) is 10.9 Å². The van der Waals surface area contributed by atoms with Crippen LogP contribution < -0.4 is 5.56 Å². The number of H-pyrrole nitrogens is 1. The van der Waals surface area contributed by atoms with E-state index in [2.05, 4.69) is 4.98 Å². The number of ether oxygens (including phenoxy) is 2. The molecule has 138 valence electrons. The number of aromatic amines is 1.